The Morgan fingerprint density at radius 3 is 2.38 bits per heavy atom. The minimum atomic E-state index is 0. The molecule has 1 heterocycles. The number of benzene rings is 1. The van der Waals surface area contributed by atoms with Gasteiger partial charge in [-0.1, -0.05) is 21.3 Å². The molecule has 88 valence electrons. The molecule has 0 bridgehead atoms. The summed E-state index contributed by atoms with van der Waals surface area (Å²) in [5, 5.41) is 5.73. The van der Waals surface area contributed by atoms with Gasteiger partial charge >= 0.3 is 0 Å². The zero-order valence-electron chi connectivity index (χ0n) is 10.1. The van der Waals surface area contributed by atoms with E-state index in [9.17, 15) is 0 Å². The molecule has 0 aliphatic rings. The average molecular weight is 218 g/mol. The predicted octanol–water partition coefficient (Wildman–Crippen LogP) is 3.95. The Kier molecular flexibility index (Phi) is 3.41. The van der Waals surface area contributed by atoms with E-state index in [2.05, 4.69) is 44.9 Å². The molecule has 0 N–H and O–H groups in total. The molecule has 0 saturated carbocycles. The van der Waals surface area contributed by atoms with E-state index in [1.807, 2.05) is 11.7 Å². The van der Waals surface area contributed by atoms with Crippen molar-refractivity contribution in [1.82, 2.24) is 9.78 Å². The summed E-state index contributed by atoms with van der Waals surface area (Å²) in [7, 11) is 2.01. The molecular weight excluding hydrogens is 196 g/mol. The smallest absolute Gasteiger partial charge is 0.0684 e. The molecule has 1 aromatic carbocycles. The summed E-state index contributed by atoms with van der Waals surface area (Å²) in [4.78, 5) is 0. The molecule has 0 saturated heterocycles. The van der Waals surface area contributed by atoms with Crippen LogP contribution in [0.2, 0.25) is 0 Å². The molecule has 0 aliphatic heterocycles. The van der Waals surface area contributed by atoms with E-state index in [-0.39, 0.29) is 7.43 Å². The van der Waals surface area contributed by atoms with Crippen molar-refractivity contribution in [2.24, 2.45) is 7.05 Å². The van der Waals surface area contributed by atoms with E-state index in [0.717, 1.165) is 5.69 Å². The lowest BCUT2D eigenvalue weighted by Crippen LogP contribution is -1.94. The summed E-state index contributed by atoms with van der Waals surface area (Å²) in [5.41, 5.74) is 5.15. The number of nitrogens with zero attached hydrogens (tertiary/aromatic N) is 2. The van der Waals surface area contributed by atoms with Gasteiger partial charge in [0.05, 0.1) is 11.2 Å². The van der Waals surface area contributed by atoms with Gasteiger partial charge in [0.25, 0.3) is 0 Å². The third-order valence-electron chi connectivity index (χ3n) is 3.04. The highest BCUT2D eigenvalue weighted by Gasteiger charge is 2.10. The van der Waals surface area contributed by atoms with Crippen molar-refractivity contribution in [2.75, 3.05) is 0 Å². The topological polar surface area (TPSA) is 17.8 Å². The van der Waals surface area contributed by atoms with Crippen LogP contribution in [0.4, 0.5) is 0 Å². The molecule has 0 fully saturated rings. The van der Waals surface area contributed by atoms with E-state index in [4.69, 9.17) is 0 Å². The molecular formula is C14H22N2. The Morgan fingerprint density at radius 1 is 1.19 bits per heavy atom. The van der Waals surface area contributed by atoms with Gasteiger partial charge in [0.15, 0.2) is 0 Å². The summed E-state index contributed by atoms with van der Waals surface area (Å²) in [5.74, 6) is 0.574. The first-order valence-corrected chi connectivity index (χ1v) is 5.44. The monoisotopic (exact) mass is 218 g/mol. The molecule has 0 amide bonds. The minimum Gasteiger partial charge on any atom is -0.268 e. The lowest BCUT2D eigenvalue weighted by Gasteiger charge is -2.10. The molecule has 0 spiro atoms. The molecule has 2 aromatic rings. The number of aryl methyl sites for hydroxylation is 3. The highest BCUT2D eigenvalue weighted by atomic mass is 15.3. The van der Waals surface area contributed by atoms with Crippen molar-refractivity contribution in [3.8, 4) is 0 Å². The first kappa shape index (κ1) is 12.8. The van der Waals surface area contributed by atoms with E-state index in [1.54, 1.807) is 0 Å². The van der Waals surface area contributed by atoms with Crippen LogP contribution in [0.15, 0.2) is 12.1 Å². The normalized spacial score (nSPS) is 10.9. The second-order valence-electron chi connectivity index (χ2n) is 4.59. The zero-order valence-corrected chi connectivity index (χ0v) is 10.1. The predicted molar refractivity (Wildman–Crippen MR) is 71.0 cm³/mol. The van der Waals surface area contributed by atoms with Gasteiger partial charge in [-0.3, -0.25) is 4.68 Å². The first-order valence-electron chi connectivity index (χ1n) is 5.44. The Labute approximate surface area is 98.3 Å². The van der Waals surface area contributed by atoms with E-state index in [1.165, 1.54) is 22.0 Å². The minimum absolute atomic E-state index is 0. The second kappa shape index (κ2) is 4.28. The van der Waals surface area contributed by atoms with Crippen molar-refractivity contribution < 1.29 is 0 Å². The first-order chi connectivity index (χ1) is 7.00. The molecule has 16 heavy (non-hydrogen) atoms. The molecule has 0 aliphatic carbocycles. The lowest BCUT2D eigenvalue weighted by atomic mass is 9.96. The third kappa shape index (κ3) is 1.84. The van der Waals surface area contributed by atoms with Crippen LogP contribution in [-0.4, -0.2) is 9.78 Å². The average Bonchev–Trinajstić information content (AvgIpc) is 2.41. The van der Waals surface area contributed by atoms with Gasteiger partial charge in [-0.25, -0.2) is 0 Å². The molecule has 1 aromatic heterocycles. The van der Waals surface area contributed by atoms with Crippen molar-refractivity contribution >= 4 is 10.9 Å². The quantitative estimate of drug-likeness (QED) is 0.708. The van der Waals surface area contributed by atoms with Crippen LogP contribution in [0.1, 0.15) is 44.0 Å². The standard InChI is InChI=1S/C13H18N2.CH4/c1-8(2)11-7-13-12(6-9(11)3)10(4)14-15(13)5;/h6-8H,1-5H3;1H4. The fraction of sp³-hybridized carbons (Fsp3) is 0.500. The number of rotatable bonds is 1. The molecule has 2 rings (SSSR count). The van der Waals surface area contributed by atoms with Crippen LogP contribution in [-0.2, 0) is 7.05 Å². The maximum absolute atomic E-state index is 4.45. The van der Waals surface area contributed by atoms with Gasteiger partial charge in [0, 0.05) is 12.4 Å². The Hall–Kier alpha value is -1.31. The van der Waals surface area contributed by atoms with Crippen LogP contribution >= 0.6 is 0 Å². The summed E-state index contributed by atoms with van der Waals surface area (Å²) in [6.07, 6.45) is 0. The summed E-state index contributed by atoms with van der Waals surface area (Å²) >= 11 is 0. The maximum Gasteiger partial charge on any atom is 0.0684 e. The van der Waals surface area contributed by atoms with E-state index >= 15 is 0 Å². The van der Waals surface area contributed by atoms with E-state index < -0.39 is 0 Å². The number of hydrogen-bond acceptors (Lipinski definition) is 1. The summed E-state index contributed by atoms with van der Waals surface area (Å²) < 4.78 is 1.97. The van der Waals surface area contributed by atoms with Gasteiger partial charge in [-0.05, 0) is 43.0 Å². The Balaban J connectivity index is 0.00000128. The van der Waals surface area contributed by atoms with Gasteiger partial charge in [0.2, 0.25) is 0 Å². The lowest BCUT2D eigenvalue weighted by molar-refractivity contribution is 0.781. The van der Waals surface area contributed by atoms with E-state index in [0.29, 0.717) is 5.92 Å². The number of hydrogen-bond donors (Lipinski definition) is 0. The maximum atomic E-state index is 4.45. The molecule has 0 unspecified atom stereocenters. The van der Waals surface area contributed by atoms with Crippen molar-refractivity contribution in [3.63, 3.8) is 0 Å². The van der Waals surface area contributed by atoms with Crippen LogP contribution in [0.3, 0.4) is 0 Å². The Bertz CT molecular complexity index is 507. The van der Waals surface area contributed by atoms with Crippen LogP contribution in [0.5, 0.6) is 0 Å². The van der Waals surface area contributed by atoms with Crippen LogP contribution in [0, 0.1) is 13.8 Å². The van der Waals surface area contributed by atoms with Crippen LogP contribution in [0.25, 0.3) is 10.9 Å². The fourth-order valence-electron chi connectivity index (χ4n) is 2.22. The van der Waals surface area contributed by atoms with Gasteiger partial charge in [-0.2, -0.15) is 5.10 Å². The number of fused-ring (bicyclic) bond motifs is 1. The molecule has 0 radical (unpaired) electrons. The van der Waals surface area contributed by atoms with Gasteiger partial charge in [-0.15, -0.1) is 0 Å². The highest BCUT2D eigenvalue weighted by Crippen LogP contribution is 2.26. The second-order valence-corrected chi connectivity index (χ2v) is 4.59. The molecule has 0 atom stereocenters. The van der Waals surface area contributed by atoms with Crippen molar-refractivity contribution in [2.45, 2.75) is 41.0 Å². The van der Waals surface area contributed by atoms with Crippen molar-refractivity contribution in [1.29, 1.82) is 0 Å². The van der Waals surface area contributed by atoms with Crippen LogP contribution < -0.4 is 0 Å². The van der Waals surface area contributed by atoms with Gasteiger partial charge < -0.3 is 0 Å². The third-order valence-corrected chi connectivity index (χ3v) is 3.04. The largest absolute Gasteiger partial charge is 0.268 e. The number of aromatic nitrogens is 2. The highest BCUT2D eigenvalue weighted by molar-refractivity contribution is 5.83. The molecule has 2 nitrogen and oxygen atoms in total. The zero-order chi connectivity index (χ0) is 11.2. The SMILES string of the molecule is C.Cc1cc2c(C)nn(C)c2cc1C(C)C. The molecule has 2 heteroatoms. The summed E-state index contributed by atoms with van der Waals surface area (Å²) in [6, 6.07) is 4.53. The van der Waals surface area contributed by atoms with Gasteiger partial charge in [0.1, 0.15) is 0 Å². The Morgan fingerprint density at radius 2 is 1.81 bits per heavy atom. The van der Waals surface area contributed by atoms with Crippen molar-refractivity contribution in [3.05, 3.63) is 29.0 Å². The summed E-state index contributed by atoms with van der Waals surface area (Å²) in [6.45, 7) is 8.72. The fourth-order valence-corrected chi connectivity index (χ4v) is 2.22.